The number of aliphatic hydroxyl groups excluding tert-OH is 1. The van der Waals surface area contributed by atoms with Gasteiger partial charge in [0.25, 0.3) is 0 Å². The zero-order valence-corrected chi connectivity index (χ0v) is 11.6. The van der Waals surface area contributed by atoms with Crippen molar-refractivity contribution in [2.24, 2.45) is 0 Å². The second kappa shape index (κ2) is 7.59. The van der Waals surface area contributed by atoms with Crippen LogP contribution < -0.4 is 10.6 Å². The van der Waals surface area contributed by atoms with E-state index in [1.807, 2.05) is 6.92 Å². The fourth-order valence-electron chi connectivity index (χ4n) is 1.55. The number of nitrogens with one attached hydrogen (secondary N) is 2. The molecule has 1 unspecified atom stereocenters. The Kier molecular flexibility index (Phi) is 6.11. The van der Waals surface area contributed by atoms with E-state index in [2.05, 4.69) is 10.6 Å². The number of hydrogen-bond donors (Lipinski definition) is 3. The summed E-state index contributed by atoms with van der Waals surface area (Å²) < 4.78 is 13.4. The molecule has 1 atom stereocenters. The van der Waals surface area contributed by atoms with Crippen molar-refractivity contribution in [3.63, 3.8) is 0 Å². The Bertz CT molecular complexity index is 491. The average molecular weight is 282 g/mol. The minimum atomic E-state index is -0.930. The average Bonchev–Trinajstić information content (AvgIpc) is 2.42. The number of aryl methyl sites for hydroxylation is 1. The number of hydrogen-bond acceptors (Lipinski definition) is 3. The summed E-state index contributed by atoms with van der Waals surface area (Å²) in [5, 5.41) is 13.9. The third-order valence-corrected chi connectivity index (χ3v) is 2.81. The van der Waals surface area contributed by atoms with Crippen molar-refractivity contribution in [2.75, 3.05) is 11.9 Å². The molecule has 0 saturated heterocycles. The summed E-state index contributed by atoms with van der Waals surface area (Å²) in [4.78, 5) is 23.1. The van der Waals surface area contributed by atoms with Crippen LogP contribution in [0.2, 0.25) is 0 Å². The summed E-state index contributed by atoms with van der Waals surface area (Å²) in [5.74, 6) is -2.38. The summed E-state index contributed by atoms with van der Waals surface area (Å²) >= 11 is 0. The molecule has 0 aliphatic heterocycles. The maximum absolute atomic E-state index is 13.4. The van der Waals surface area contributed by atoms with Gasteiger partial charge in [-0.05, 0) is 37.5 Å². The van der Waals surface area contributed by atoms with E-state index in [1.165, 1.54) is 12.1 Å². The molecule has 2 amide bonds. The lowest BCUT2D eigenvalue weighted by Gasteiger charge is -2.09. The van der Waals surface area contributed by atoms with Gasteiger partial charge >= 0.3 is 11.8 Å². The first-order valence-corrected chi connectivity index (χ1v) is 6.47. The van der Waals surface area contributed by atoms with E-state index in [9.17, 15) is 19.1 Å². The molecule has 0 heterocycles. The highest BCUT2D eigenvalue weighted by atomic mass is 19.1. The van der Waals surface area contributed by atoms with E-state index in [4.69, 9.17) is 0 Å². The second-order valence-electron chi connectivity index (χ2n) is 4.54. The summed E-state index contributed by atoms with van der Waals surface area (Å²) in [5.41, 5.74) is 0.743. The molecule has 6 heteroatoms. The van der Waals surface area contributed by atoms with Crippen molar-refractivity contribution in [3.8, 4) is 0 Å². The molecule has 0 aliphatic rings. The lowest BCUT2D eigenvalue weighted by Crippen LogP contribution is -2.37. The van der Waals surface area contributed by atoms with Gasteiger partial charge in [0.1, 0.15) is 5.82 Å². The number of carbonyl (C=O) groups is 2. The Morgan fingerprint density at radius 2 is 2.05 bits per heavy atom. The highest BCUT2D eigenvalue weighted by molar-refractivity contribution is 6.39. The Morgan fingerprint density at radius 1 is 1.35 bits per heavy atom. The van der Waals surface area contributed by atoms with Crippen LogP contribution in [0.15, 0.2) is 18.2 Å². The van der Waals surface area contributed by atoms with Gasteiger partial charge in [0, 0.05) is 6.54 Å². The first-order valence-electron chi connectivity index (χ1n) is 6.47. The van der Waals surface area contributed by atoms with Crippen molar-refractivity contribution in [2.45, 2.75) is 32.8 Å². The normalized spacial score (nSPS) is 11.8. The van der Waals surface area contributed by atoms with Crippen LogP contribution in [-0.2, 0) is 9.59 Å². The van der Waals surface area contributed by atoms with Gasteiger partial charge in [0.2, 0.25) is 0 Å². The lowest BCUT2D eigenvalue weighted by molar-refractivity contribution is -0.136. The molecule has 1 rings (SSSR count). The predicted molar refractivity (Wildman–Crippen MR) is 73.7 cm³/mol. The minimum absolute atomic E-state index is 0.0289. The van der Waals surface area contributed by atoms with Crippen molar-refractivity contribution >= 4 is 17.5 Å². The summed E-state index contributed by atoms with van der Waals surface area (Å²) in [6.07, 6.45) is 0.442. The van der Waals surface area contributed by atoms with E-state index in [-0.39, 0.29) is 12.2 Å². The molecule has 20 heavy (non-hydrogen) atoms. The number of carbonyl (C=O) groups excluding carboxylic acids is 2. The maximum atomic E-state index is 13.4. The number of aliphatic hydroxyl groups is 1. The highest BCUT2D eigenvalue weighted by Crippen LogP contribution is 2.15. The van der Waals surface area contributed by atoms with Gasteiger partial charge in [-0.25, -0.2) is 4.39 Å². The second-order valence-corrected chi connectivity index (χ2v) is 4.54. The Morgan fingerprint density at radius 3 is 2.70 bits per heavy atom. The molecular weight excluding hydrogens is 263 g/mol. The fraction of sp³-hybridized carbons (Fsp3) is 0.429. The van der Waals surface area contributed by atoms with Crippen LogP contribution in [0.1, 0.15) is 25.3 Å². The zero-order valence-electron chi connectivity index (χ0n) is 11.6. The monoisotopic (exact) mass is 282 g/mol. The first-order chi connectivity index (χ1) is 9.43. The topological polar surface area (TPSA) is 78.4 Å². The lowest BCUT2D eigenvalue weighted by atomic mass is 10.2. The molecule has 110 valence electrons. The molecule has 3 N–H and O–H groups in total. The van der Waals surface area contributed by atoms with E-state index in [0.717, 1.165) is 5.56 Å². The molecule has 0 spiro atoms. The molecule has 0 aliphatic carbocycles. The summed E-state index contributed by atoms with van der Waals surface area (Å²) in [6, 6.07) is 4.24. The van der Waals surface area contributed by atoms with Crippen LogP contribution in [0.25, 0.3) is 0 Å². The van der Waals surface area contributed by atoms with Gasteiger partial charge in [0.05, 0.1) is 11.8 Å². The Hall–Kier alpha value is -1.95. The predicted octanol–water partition coefficient (Wildman–Crippen LogP) is 1.35. The van der Waals surface area contributed by atoms with E-state index >= 15 is 0 Å². The van der Waals surface area contributed by atoms with Crippen LogP contribution in [0.3, 0.4) is 0 Å². The van der Waals surface area contributed by atoms with Crippen LogP contribution in [0, 0.1) is 12.7 Å². The summed E-state index contributed by atoms with van der Waals surface area (Å²) in [7, 11) is 0. The van der Waals surface area contributed by atoms with Gasteiger partial charge in [-0.3, -0.25) is 9.59 Å². The molecule has 0 radical (unpaired) electrons. The number of amides is 2. The van der Waals surface area contributed by atoms with E-state index in [0.29, 0.717) is 12.8 Å². The molecule has 0 bridgehead atoms. The van der Waals surface area contributed by atoms with Crippen LogP contribution >= 0.6 is 0 Å². The van der Waals surface area contributed by atoms with Crippen LogP contribution in [0.4, 0.5) is 10.1 Å². The third kappa shape index (κ3) is 4.97. The van der Waals surface area contributed by atoms with Crippen molar-refractivity contribution in [1.82, 2.24) is 5.32 Å². The van der Waals surface area contributed by atoms with Crippen LogP contribution in [0.5, 0.6) is 0 Å². The van der Waals surface area contributed by atoms with E-state index < -0.39 is 23.7 Å². The van der Waals surface area contributed by atoms with Gasteiger partial charge in [-0.2, -0.15) is 0 Å². The molecule has 0 fully saturated rings. The largest absolute Gasteiger partial charge is 0.393 e. The van der Waals surface area contributed by atoms with Gasteiger partial charge in [-0.1, -0.05) is 13.0 Å². The van der Waals surface area contributed by atoms with Crippen molar-refractivity contribution in [3.05, 3.63) is 29.6 Å². The number of rotatable bonds is 5. The SMILES string of the molecule is CCC(O)CCNC(=O)C(=O)Nc1cc(C)ccc1F. The fourth-order valence-corrected chi connectivity index (χ4v) is 1.55. The molecule has 1 aromatic carbocycles. The van der Waals surface area contributed by atoms with Crippen molar-refractivity contribution in [1.29, 1.82) is 0 Å². The third-order valence-electron chi connectivity index (χ3n) is 2.81. The first kappa shape index (κ1) is 16.1. The number of benzene rings is 1. The number of halogens is 1. The Balaban J connectivity index is 2.49. The number of anilines is 1. The minimum Gasteiger partial charge on any atom is -0.393 e. The molecule has 0 saturated carbocycles. The van der Waals surface area contributed by atoms with Crippen LogP contribution in [-0.4, -0.2) is 29.6 Å². The highest BCUT2D eigenvalue weighted by Gasteiger charge is 2.15. The standard InChI is InChI=1S/C14H19FN2O3/c1-3-10(18)6-7-16-13(19)14(20)17-12-8-9(2)4-5-11(12)15/h4-5,8,10,18H,3,6-7H2,1-2H3,(H,16,19)(H,17,20). The van der Waals surface area contributed by atoms with Gasteiger partial charge in [-0.15, -0.1) is 0 Å². The smallest absolute Gasteiger partial charge is 0.313 e. The molecule has 5 nitrogen and oxygen atoms in total. The molecule has 1 aromatic rings. The maximum Gasteiger partial charge on any atom is 0.313 e. The zero-order chi connectivity index (χ0) is 15.1. The Labute approximate surface area is 117 Å². The van der Waals surface area contributed by atoms with Crippen molar-refractivity contribution < 1.29 is 19.1 Å². The molecule has 0 aromatic heterocycles. The molecular formula is C14H19FN2O3. The van der Waals surface area contributed by atoms with Gasteiger partial charge < -0.3 is 15.7 Å². The van der Waals surface area contributed by atoms with Gasteiger partial charge in [0.15, 0.2) is 0 Å². The van der Waals surface area contributed by atoms with E-state index in [1.54, 1.807) is 13.0 Å². The summed E-state index contributed by atoms with van der Waals surface area (Å²) in [6.45, 7) is 3.76. The quantitative estimate of drug-likeness (QED) is 0.713.